The molecule has 124 valence electrons. The van der Waals surface area contributed by atoms with Gasteiger partial charge < -0.3 is 14.8 Å². The van der Waals surface area contributed by atoms with E-state index in [2.05, 4.69) is 15.6 Å². The summed E-state index contributed by atoms with van der Waals surface area (Å²) in [4.78, 5) is 12.2. The summed E-state index contributed by atoms with van der Waals surface area (Å²) < 4.78 is 12.2. The second-order valence-electron chi connectivity index (χ2n) is 5.17. The molecule has 0 aliphatic rings. The molecule has 0 saturated carbocycles. The summed E-state index contributed by atoms with van der Waals surface area (Å²) in [6, 6.07) is 13.1. The molecule has 1 heterocycles. The van der Waals surface area contributed by atoms with Gasteiger partial charge in [-0.15, -0.1) is 5.10 Å². The molecular formula is C17H18N4O3. The van der Waals surface area contributed by atoms with Crippen LogP contribution in [-0.2, 0) is 17.9 Å². The van der Waals surface area contributed by atoms with Crippen LogP contribution >= 0.6 is 0 Å². The van der Waals surface area contributed by atoms with Crippen LogP contribution in [0.15, 0.2) is 42.5 Å². The van der Waals surface area contributed by atoms with E-state index in [9.17, 15) is 4.79 Å². The van der Waals surface area contributed by atoms with Crippen LogP contribution in [0.1, 0.15) is 5.56 Å². The lowest BCUT2D eigenvalue weighted by Gasteiger charge is -2.13. The fourth-order valence-electron chi connectivity index (χ4n) is 2.51. The number of nitrogens with zero attached hydrogens (tertiary/aromatic N) is 3. The summed E-state index contributed by atoms with van der Waals surface area (Å²) in [5, 5.41) is 10.9. The fraction of sp³-hybridized carbons (Fsp3) is 0.235. The van der Waals surface area contributed by atoms with Gasteiger partial charge in [0.25, 0.3) is 0 Å². The number of carbonyl (C=O) groups excluding carboxylic acids is 1. The Morgan fingerprint density at radius 2 is 1.96 bits per heavy atom. The standard InChI is InChI=1S/C17H18N4O3/c1-23-15-9-5-6-12(17(15)24-2)10-18-16(22)11-21-14-8-4-3-7-13(14)19-20-21/h3-9H,10-11H2,1-2H3,(H,18,22). The van der Waals surface area contributed by atoms with E-state index in [4.69, 9.17) is 9.47 Å². The second-order valence-corrected chi connectivity index (χ2v) is 5.17. The first-order valence-electron chi connectivity index (χ1n) is 7.47. The molecule has 0 aliphatic carbocycles. The largest absolute Gasteiger partial charge is 0.493 e. The van der Waals surface area contributed by atoms with Crippen molar-refractivity contribution in [2.45, 2.75) is 13.1 Å². The molecule has 3 rings (SSSR count). The molecule has 0 saturated heterocycles. The third-order valence-corrected chi connectivity index (χ3v) is 3.67. The Morgan fingerprint density at radius 3 is 2.75 bits per heavy atom. The molecule has 0 atom stereocenters. The second kappa shape index (κ2) is 6.99. The van der Waals surface area contributed by atoms with Gasteiger partial charge >= 0.3 is 0 Å². The number of ether oxygens (including phenoxy) is 2. The SMILES string of the molecule is COc1cccc(CNC(=O)Cn2nnc3ccccc32)c1OC. The molecule has 0 unspecified atom stereocenters. The van der Waals surface area contributed by atoms with E-state index in [0.717, 1.165) is 16.6 Å². The van der Waals surface area contributed by atoms with Gasteiger partial charge in [-0.05, 0) is 18.2 Å². The van der Waals surface area contributed by atoms with Crippen molar-refractivity contribution in [3.63, 3.8) is 0 Å². The van der Waals surface area contributed by atoms with Crippen LogP contribution in [0.4, 0.5) is 0 Å². The van der Waals surface area contributed by atoms with Gasteiger partial charge in [0.1, 0.15) is 12.1 Å². The average Bonchev–Trinajstić information content (AvgIpc) is 3.02. The Bertz CT molecular complexity index is 860. The zero-order chi connectivity index (χ0) is 16.9. The van der Waals surface area contributed by atoms with Crippen molar-refractivity contribution in [1.82, 2.24) is 20.3 Å². The quantitative estimate of drug-likeness (QED) is 0.747. The number of benzene rings is 2. The van der Waals surface area contributed by atoms with Gasteiger partial charge in [-0.3, -0.25) is 4.79 Å². The van der Waals surface area contributed by atoms with Crippen molar-refractivity contribution in [1.29, 1.82) is 0 Å². The highest BCUT2D eigenvalue weighted by Crippen LogP contribution is 2.30. The molecule has 2 aromatic carbocycles. The monoisotopic (exact) mass is 326 g/mol. The molecule has 7 nitrogen and oxygen atoms in total. The van der Waals surface area contributed by atoms with Crippen LogP contribution in [0.5, 0.6) is 11.5 Å². The maximum absolute atomic E-state index is 12.2. The number of nitrogens with one attached hydrogen (secondary N) is 1. The number of methoxy groups -OCH3 is 2. The van der Waals surface area contributed by atoms with Crippen LogP contribution in [0.3, 0.4) is 0 Å². The summed E-state index contributed by atoms with van der Waals surface area (Å²) in [7, 11) is 3.15. The Balaban J connectivity index is 1.68. The Hall–Kier alpha value is -3.09. The van der Waals surface area contributed by atoms with Crippen LogP contribution in [0.2, 0.25) is 0 Å². The Kier molecular flexibility index (Phi) is 4.60. The first-order valence-corrected chi connectivity index (χ1v) is 7.47. The van der Waals surface area contributed by atoms with Gasteiger partial charge in [0.05, 0.1) is 19.7 Å². The van der Waals surface area contributed by atoms with Gasteiger partial charge in [0.15, 0.2) is 11.5 Å². The van der Waals surface area contributed by atoms with E-state index >= 15 is 0 Å². The number of hydrogen-bond acceptors (Lipinski definition) is 5. The summed E-state index contributed by atoms with van der Waals surface area (Å²) in [5.41, 5.74) is 2.43. The smallest absolute Gasteiger partial charge is 0.242 e. The van der Waals surface area contributed by atoms with E-state index in [1.165, 1.54) is 0 Å². The van der Waals surface area contributed by atoms with E-state index in [1.54, 1.807) is 18.9 Å². The van der Waals surface area contributed by atoms with Gasteiger partial charge in [-0.2, -0.15) is 0 Å². The van der Waals surface area contributed by atoms with Gasteiger partial charge in [0.2, 0.25) is 5.91 Å². The number of hydrogen-bond donors (Lipinski definition) is 1. The summed E-state index contributed by atoms with van der Waals surface area (Å²) >= 11 is 0. The summed E-state index contributed by atoms with van der Waals surface area (Å²) in [5.74, 6) is 1.09. The number of carbonyl (C=O) groups is 1. The first kappa shape index (κ1) is 15.8. The third-order valence-electron chi connectivity index (χ3n) is 3.67. The number of para-hydroxylation sites is 2. The number of amides is 1. The van der Waals surface area contributed by atoms with Crippen molar-refractivity contribution in [2.24, 2.45) is 0 Å². The lowest BCUT2D eigenvalue weighted by molar-refractivity contribution is -0.121. The van der Waals surface area contributed by atoms with Gasteiger partial charge in [-0.25, -0.2) is 4.68 Å². The Morgan fingerprint density at radius 1 is 1.12 bits per heavy atom. The van der Waals surface area contributed by atoms with Crippen molar-refractivity contribution >= 4 is 16.9 Å². The normalized spacial score (nSPS) is 10.6. The van der Waals surface area contributed by atoms with Crippen LogP contribution < -0.4 is 14.8 Å². The maximum Gasteiger partial charge on any atom is 0.242 e. The molecule has 0 aliphatic heterocycles. The van der Waals surface area contributed by atoms with Crippen molar-refractivity contribution in [2.75, 3.05) is 14.2 Å². The zero-order valence-corrected chi connectivity index (χ0v) is 13.5. The van der Waals surface area contributed by atoms with Gasteiger partial charge in [0, 0.05) is 12.1 Å². The van der Waals surface area contributed by atoms with Crippen molar-refractivity contribution in [3.8, 4) is 11.5 Å². The predicted octanol–water partition coefficient (Wildman–Crippen LogP) is 1.76. The maximum atomic E-state index is 12.2. The Labute approximate surface area is 139 Å². The highest BCUT2D eigenvalue weighted by Gasteiger charge is 2.12. The van der Waals surface area contributed by atoms with E-state index < -0.39 is 0 Å². The van der Waals surface area contributed by atoms with E-state index in [-0.39, 0.29) is 12.5 Å². The number of rotatable bonds is 6. The minimum Gasteiger partial charge on any atom is -0.493 e. The summed E-state index contributed by atoms with van der Waals surface area (Å²) in [6.45, 7) is 0.443. The average molecular weight is 326 g/mol. The lowest BCUT2D eigenvalue weighted by Crippen LogP contribution is -2.27. The highest BCUT2D eigenvalue weighted by molar-refractivity contribution is 5.79. The minimum absolute atomic E-state index is 0.104. The van der Waals surface area contributed by atoms with Gasteiger partial charge in [-0.1, -0.05) is 29.5 Å². The molecule has 0 fully saturated rings. The molecule has 24 heavy (non-hydrogen) atoms. The zero-order valence-electron chi connectivity index (χ0n) is 13.5. The molecule has 1 N–H and O–H groups in total. The predicted molar refractivity (Wildman–Crippen MR) is 88.9 cm³/mol. The molecule has 1 aromatic heterocycles. The van der Waals surface area contributed by atoms with Crippen LogP contribution in [0.25, 0.3) is 11.0 Å². The molecular weight excluding hydrogens is 308 g/mol. The number of fused-ring (bicyclic) bond motifs is 1. The molecule has 0 spiro atoms. The van der Waals surface area contributed by atoms with Crippen LogP contribution in [0, 0.1) is 0 Å². The molecule has 0 radical (unpaired) electrons. The number of aromatic nitrogens is 3. The van der Waals surface area contributed by atoms with E-state index in [0.29, 0.717) is 18.0 Å². The molecule has 0 bridgehead atoms. The fourth-order valence-corrected chi connectivity index (χ4v) is 2.51. The summed E-state index contributed by atoms with van der Waals surface area (Å²) in [6.07, 6.45) is 0. The van der Waals surface area contributed by atoms with E-state index in [1.807, 2.05) is 42.5 Å². The van der Waals surface area contributed by atoms with Crippen molar-refractivity contribution in [3.05, 3.63) is 48.0 Å². The minimum atomic E-state index is -0.157. The molecule has 1 amide bonds. The highest BCUT2D eigenvalue weighted by atomic mass is 16.5. The first-order chi connectivity index (χ1) is 11.7. The van der Waals surface area contributed by atoms with Crippen LogP contribution in [-0.4, -0.2) is 35.1 Å². The molecule has 3 aromatic rings. The topological polar surface area (TPSA) is 78.3 Å². The van der Waals surface area contributed by atoms with Crippen molar-refractivity contribution < 1.29 is 14.3 Å². The molecule has 7 heteroatoms. The lowest BCUT2D eigenvalue weighted by atomic mass is 10.2. The third kappa shape index (κ3) is 3.15.